The highest BCUT2D eigenvalue weighted by Gasteiger charge is 2.27. The molecule has 0 bridgehead atoms. The zero-order valence-corrected chi connectivity index (χ0v) is 12.7. The van der Waals surface area contributed by atoms with Crippen LogP contribution in [0.4, 0.5) is 5.82 Å². The molecular formula is C13H20BrN3O. The van der Waals surface area contributed by atoms with Gasteiger partial charge in [-0.2, -0.15) is 0 Å². The standard InChI is InChI=1S/C13H20BrN3O/c1-9(2)12-15-10(14)8-11(16-12)17-13(3)4-6-18-7-5-13/h8-9H,4-7H2,1-3H3,(H,15,16,17). The molecule has 0 aromatic carbocycles. The highest BCUT2D eigenvalue weighted by molar-refractivity contribution is 9.10. The summed E-state index contributed by atoms with van der Waals surface area (Å²) in [5.74, 6) is 2.08. The number of hydrogen-bond donors (Lipinski definition) is 1. The monoisotopic (exact) mass is 313 g/mol. The molecule has 0 aliphatic carbocycles. The molecule has 2 rings (SSSR count). The minimum absolute atomic E-state index is 0.0697. The van der Waals surface area contributed by atoms with Gasteiger partial charge in [0.25, 0.3) is 0 Å². The van der Waals surface area contributed by atoms with Gasteiger partial charge in [-0.3, -0.25) is 0 Å². The van der Waals surface area contributed by atoms with Crippen LogP contribution in [-0.4, -0.2) is 28.7 Å². The smallest absolute Gasteiger partial charge is 0.134 e. The third kappa shape index (κ3) is 3.42. The molecule has 0 unspecified atom stereocenters. The van der Waals surface area contributed by atoms with Gasteiger partial charge >= 0.3 is 0 Å². The van der Waals surface area contributed by atoms with Gasteiger partial charge in [-0.25, -0.2) is 9.97 Å². The van der Waals surface area contributed by atoms with E-state index >= 15 is 0 Å². The van der Waals surface area contributed by atoms with Crippen molar-refractivity contribution in [2.45, 2.75) is 45.1 Å². The number of nitrogens with one attached hydrogen (secondary N) is 1. The van der Waals surface area contributed by atoms with Gasteiger partial charge in [-0.15, -0.1) is 0 Å². The SMILES string of the molecule is CC(C)c1nc(Br)cc(NC2(C)CCOCC2)n1. The van der Waals surface area contributed by atoms with Crippen LogP contribution in [-0.2, 0) is 4.74 Å². The Kier molecular flexibility index (Phi) is 4.22. The van der Waals surface area contributed by atoms with E-state index in [1.165, 1.54) is 0 Å². The van der Waals surface area contributed by atoms with Crippen LogP contribution in [0.2, 0.25) is 0 Å². The van der Waals surface area contributed by atoms with E-state index in [9.17, 15) is 0 Å². The fraction of sp³-hybridized carbons (Fsp3) is 0.692. The second-order valence-electron chi connectivity index (χ2n) is 5.39. The summed E-state index contributed by atoms with van der Waals surface area (Å²) in [5.41, 5.74) is 0.0697. The first-order valence-electron chi connectivity index (χ1n) is 6.39. The van der Waals surface area contributed by atoms with Crippen LogP contribution < -0.4 is 5.32 Å². The van der Waals surface area contributed by atoms with Crippen molar-refractivity contribution in [1.29, 1.82) is 0 Å². The Labute approximate surface area is 117 Å². The number of anilines is 1. The Bertz CT molecular complexity index is 417. The molecule has 0 spiro atoms. The maximum atomic E-state index is 5.41. The average molecular weight is 314 g/mol. The minimum Gasteiger partial charge on any atom is -0.381 e. The summed E-state index contributed by atoms with van der Waals surface area (Å²) in [5, 5.41) is 3.53. The van der Waals surface area contributed by atoms with Crippen LogP contribution in [0, 0.1) is 0 Å². The van der Waals surface area contributed by atoms with Gasteiger partial charge in [0.15, 0.2) is 0 Å². The summed E-state index contributed by atoms with van der Waals surface area (Å²) in [6.45, 7) is 8.05. The molecule has 1 aliphatic heterocycles. The predicted molar refractivity (Wildman–Crippen MR) is 75.9 cm³/mol. The summed E-state index contributed by atoms with van der Waals surface area (Å²) in [6.07, 6.45) is 2.01. The highest BCUT2D eigenvalue weighted by atomic mass is 79.9. The van der Waals surface area contributed by atoms with E-state index in [0.717, 1.165) is 42.3 Å². The molecule has 1 N–H and O–H groups in total. The van der Waals surface area contributed by atoms with Crippen molar-refractivity contribution in [1.82, 2.24) is 9.97 Å². The van der Waals surface area contributed by atoms with Gasteiger partial charge in [0, 0.05) is 30.7 Å². The van der Waals surface area contributed by atoms with E-state index in [1.807, 2.05) is 6.07 Å². The molecule has 0 amide bonds. The van der Waals surface area contributed by atoms with E-state index in [-0.39, 0.29) is 5.54 Å². The molecule has 0 atom stereocenters. The van der Waals surface area contributed by atoms with Gasteiger partial charge in [0.05, 0.1) is 0 Å². The van der Waals surface area contributed by atoms with Crippen molar-refractivity contribution in [2.24, 2.45) is 0 Å². The first kappa shape index (κ1) is 13.7. The van der Waals surface area contributed by atoms with Crippen LogP contribution in [0.5, 0.6) is 0 Å². The maximum absolute atomic E-state index is 5.41. The summed E-state index contributed by atoms with van der Waals surface area (Å²) < 4.78 is 6.24. The molecule has 1 aromatic rings. The molecule has 0 radical (unpaired) electrons. The molecule has 18 heavy (non-hydrogen) atoms. The number of ether oxygens (including phenoxy) is 1. The zero-order chi connectivity index (χ0) is 13.2. The lowest BCUT2D eigenvalue weighted by Gasteiger charge is -2.35. The summed E-state index contributed by atoms with van der Waals surface area (Å²) in [4.78, 5) is 8.97. The topological polar surface area (TPSA) is 47.0 Å². The molecular weight excluding hydrogens is 294 g/mol. The normalized spacial score (nSPS) is 18.9. The molecule has 1 aliphatic rings. The first-order valence-corrected chi connectivity index (χ1v) is 7.18. The second-order valence-corrected chi connectivity index (χ2v) is 6.20. The molecule has 4 nitrogen and oxygen atoms in total. The Morgan fingerprint density at radius 2 is 2.00 bits per heavy atom. The molecule has 1 saturated heterocycles. The van der Waals surface area contributed by atoms with Crippen LogP contribution in [0.25, 0.3) is 0 Å². The van der Waals surface area contributed by atoms with Crippen molar-refractivity contribution in [3.05, 3.63) is 16.5 Å². The Hall–Kier alpha value is -0.680. The largest absolute Gasteiger partial charge is 0.381 e. The van der Waals surface area contributed by atoms with Crippen molar-refractivity contribution >= 4 is 21.7 Å². The van der Waals surface area contributed by atoms with E-state index < -0.39 is 0 Å². The summed E-state index contributed by atoms with van der Waals surface area (Å²) >= 11 is 3.45. The molecule has 1 fully saturated rings. The fourth-order valence-electron chi connectivity index (χ4n) is 2.01. The Morgan fingerprint density at radius 3 is 2.61 bits per heavy atom. The minimum atomic E-state index is 0.0697. The van der Waals surface area contributed by atoms with Gasteiger partial charge in [0.2, 0.25) is 0 Å². The third-order valence-corrected chi connectivity index (χ3v) is 3.66. The third-order valence-electron chi connectivity index (χ3n) is 3.25. The molecule has 2 heterocycles. The number of halogens is 1. The van der Waals surface area contributed by atoms with Gasteiger partial charge in [0.1, 0.15) is 16.2 Å². The van der Waals surface area contributed by atoms with Gasteiger partial charge in [-0.05, 0) is 35.7 Å². The van der Waals surface area contributed by atoms with Crippen molar-refractivity contribution < 1.29 is 4.74 Å². The maximum Gasteiger partial charge on any atom is 0.134 e. The fourth-order valence-corrected chi connectivity index (χ4v) is 2.41. The first-order chi connectivity index (χ1) is 8.48. The van der Waals surface area contributed by atoms with E-state index in [4.69, 9.17) is 4.74 Å². The van der Waals surface area contributed by atoms with Gasteiger partial charge in [-0.1, -0.05) is 13.8 Å². The average Bonchev–Trinajstić information content (AvgIpc) is 2.28. The van der Waals surface area contributed by atoms with Crippen molar-refractivity contribution in [3.8, 4) is 0 Å². The molecule has 5 heteroatoms. The second kappa shape index (κ2) is 5.53. The number of aromatic nitrogens is 2. The summed E-state index contributed by atoms with van der Waals surface area (Å²) in [7, 11) is 0. The van der Waals surface area contributed by atoms with E-state index in [2.05, 4.69) is 52.0 Å². The van der Waals surface area contributed by atoms with E-state index in [0.29, 0.717) is 5.92 Å². The molecule has 0 saturated carbocycles. The number of hydrogen-bond acceptors (Lipinski definition) is 4. The van der Waals surface area contributed by atoms with Crippen LogP contribution >= 0.6 is 15.9 Å². The Morgan fingerprint density at radius 1 is 1.33 bits per heavy atom. The molecule has 100 valence electrons. The van der Waals surface area contributed by atoms with E-state index in [1.54, 1.807) is 0 Å². The Balaban J connectivity index is 2.17. The summed E-state index contributed by atoms with van der Waals surface area (Å²) in [6, 6.07) is 1.94. The predicted octanol–water partition coefficient (Wildman–Crippen LogP) is 3.34. The van der Waals surface area contributed by atoms with Crippen LogP contribution in [0.1, 0.15) is 45.4 Å². The van der Waals surface area contributed by atoms with Crippen molar-refractivity contribution in [3.63, 3.8) is 0 Å². The lowest BCUT2D eigenvalue weighted by atomic mass is 9.92. The lowest BCUT2D eigenvalue weighted by Crippen LogP contribution is -2.41. The quantitative estimate of drug-likeness (QED) is 0.869. The van der Waals surface area contributed by atoms with Crippen molar-refractivity contribution in [2.75, 3.05) is 18.5 Å². The van der Waals surface area contributed by atoms with Crippen LogP contribution in [0.15, 0.2) is 10.7 Å². The molecule has 1 aromatic heterocycles. The zero-order valence-electron chi connectivity index (χ0n) is 11.2. The highest BCUT2D eigenvalue weighted by Crippen LogP contribution is 2.26. The number of rotatable bonds is 3. The lowest BCUT2D eigenvalue weighted by molar-refractivity contribution is 0.0657. The van der Waals surface area contributed by atoms with Crippen LogP contribution in [0.3, 0.4) is 0 Å². The van der Waals surface area contributed by atoms with Gasteiger partial charge < -0.3 is 10.1 Å². The number of nitrogens with zero attached hydrogens (tertiary/aromatic N) is 2.